The molecular weight excluding hydrogens is 250 g/mol. The van der Waals surface area contributed by atoms with Gasteiger partial charge in [0.15, 0.2) is 0 Å². The van der Waals surface area contributed by atoms with Gasteiger partial charge in [0.2, 0.25) is 0 Å². The third-order valence-electron chi connectivity index (χ3n) is 3.99. The SMILES string of the molecule is CCC(C)NC(=O)c1ccc(N2CCN(C)CC2)cc1. The maximum absolute atomic E-state index is 12.0. The monoisotopic (exact) mass is 275 g/mol. The molecule has 1 atom stereocenters. The summed E-state index contributed by atoms with van der Waals surface area (Å²) in [6, 6.07) is 8.17. The number of rotatable bonds is 4. The Morgan fingerprint density at radius 3 is 2.35 bits per heavy atom. The van der Waals surface area contributed by atoms with Crippen LogP contribution in [0.2, 0.25) is 0 Å². The van der Waals surface area contributed by atoms with E-state index in [2.05, 4.69) is 41.2 Å². The number of hydrogen-bond acceptors (Lipinski definition) is 3. The van der Waals surface area contributed by atoms with Crippen molar-refractivity contribution in [3.05, 3.63) is 29.8 Å². The van der Waals surface area contributed by atoms with Crippen molar-refractivity contribution in [2.45, 2.75) is 26.3 Å². The van der Waals surface area contributed by atoms with Crippen molar-refractivity contribution in [3.8, 4) is 0 Å². The highest BCUT2D eigenvalue weighted by molar-refractivity contribution is 5.94. The number of anilines is 1. The summed E-state index contributed by atoms with van der Waals surface area (Å²) in [5, 5.41) is 2.99. The Labute approximate surface area is 121 Å². The zero-order valence-corrected chi connectivity index (χ0v) is 12.7. The van der Waals surface area contributed by atoms with Crippen LogP contribution in [0.15, 0.2) is 24.3 Å². The Bertz CT molecular complexity index is 436. The summed E-state index contributed by atoms with van der Waals surface area (Å²) in [4.78, 5) is 16.7. The minimum absolute atomic E-state index is 0.0178. The van der Waals surface area contributed by atoms with Crippen LogP contribution in [-0.2, 0) is 0 Å². The van der Waals surface area contributed by atoms with E-state index < -0.39 is 0 Å². The van der Waals surface area contributed by atoms with Crippen LogP contribution in [0.25, 0.3) is 0 Å². The first-order valence-corrected chi connectivity index (χ1v) is 7.44. The molecule has 1 aliphatic heterocycles. The Kier molecular flexibility index (Phi) is 5.01. The molecular formula is C16H25N3O. The van der Waals surface area contributed by atoms with Gasteiger partial charge in [-0.05, 0) is 44.7 Å². The second-order valence-electron chi connectivity index (χ2n) is 5.62. The predicted octanol–water partition coefficient (Wildman–Crippen LogP) is 1.97. The van der Waals surface area contributed by atoms with Crippen molar-refractivity contribution in [1.82, 2.24) is 10.2 Å². The fraction of sp³-hybridized carbons (Fsp3) is 0.562. The largest absolute Gasteiger partial charge is 0.369 e. The summed E-state index contributed by atoms with van der Waals surface area (Å²) in [6.45, 7) is 8.38. The number of amides is 1. The molecule has 1 unspecified atom stereocenters. The van der Waals surface area contributed by atoms with Crippen molar-refractivity contribution >= 4 is 11.6 Å². The predicted molar refractivity (Wildman–Crippen MR) is 83.4 cm³/mol. The van der Waals surface area contributed by atoms with E-state index in [-0.39, 0.29) is 11.9 Å². The molecule has 4 heteroatoms. The van der Waals surface area contributed by atoms with Crippen LogP contribution >= 0.6 is 0 Å². The van der Waals surface area contributed by atoms with Crippen molar-refractivity contribution < 1.29 is 4.79 Å². The summed E-state index contributed by atoms with van der Waals surface area (Å²) >= 11 is 0. The second kappa shape index (κ2) is 6.75. The minimum Gasteiger partial charge on any atom is -0.369 e. The van der Waals surface area contributed by atoms with Crippen molar-refractivity contribution in [2.24, 2.45) is 0 Å². The molecule has 0 spiro atoms. The minimum atomic E-state index is 0.0178. The molecule has 1 saturated heterocycles. The van der Waals surface area contributed by atoms with E-state index in [1.807, 2.05) is 19.1 Å². The first-order valence-electron chi connectivity index (χ1n) is 7.44. The zero-order valence-electron chi connectivity index (χ0n) is 12.7. The lowest BCUT2D eigenvalue weighted by Crippen LogP contribution is -2.44. The third kappa shape index (κ3) is 3.73. The number of piperazine rings is 1. The number of carbonyl (C=O) groups excluding carboxylic acids is 1. The molecule has 1 aliphatic rings. The number of nitrogens with one attached hydrogen (secondary N) is 1. The van der Waals surface area contributed by atoms with Gasteiger partial charge in [-0.1, -0.05) is 6.92 Å². The summed E-state index contributed by atoms with van der Waals surface area (Å²) in [6.07, 6.45) is 0.950. The van der Waals surface area contributed by atoms with E-state index in [0.29, 0.717) is 0 Å². The molecule has 110 valence electrons. The lowest BCUT2D eigenvalue weighted by atomic mass is 10.1. The Morgan fingerprint density at radius 1 is 1.20 bits per heavy atom. The number of benzene rings is 1. The standard InChI is InChI=1S/C16H25N3O/c1-4-13(2)17-16(20)14-5-7-15(8-6-14)19-11-9-18(3)10-12-19/h5-8,13H,4,9-12H2,1-3H3,(H,17,20). The fourth-order valence-corrected chi connectivity index (χ4v) is 2.30. The quantitative estimate of drug-likeness (QED) is 0.912. The third-order valence-corrected chi connectivity index (χ3v) is 3.99. The molecule has 20 heavy (non-hydrogen) atoms. The van der Waals surface area contributed by atoms with Gasteiger partial charge in [-0.25, -0.2) is 0 Å². The molecule has 4 nitrogen and oxygen atoms in total. The summed E-state index contributed by atoms with van der Waals surface area (Å²) in [5.74, 6) is 0.0178. The Balaban J connectivity index is 1.97. The highest BCUT2D eigenvalue weighted by atomic mass is 16.1. The van der Waals surface area contributed by atoms with Crippen molar-refractivity contribution in [1.29, 1.82) is 0 Å². The van der Waals surface area contributed by atoms with Crippen LogP contribution in [0.5, 0.6) is 0 Å². The van der Waals surface area contributed by atoms with Crippen LogP contribution in [0.3, 0.4) is 0 Å². The number of hydrogen-bond donors (Lipinski definition) is 1. The summed E-state index contributed by atoms with van der Waals surface area (Å²) < 4.78 is 0. The number of likely N-dealkylation sites (N-methyl/N-ethyl adjacent to an activating group) is 1. The molecule has 0 radical (unpaired) electrons. The van der Waals surface area contributed by atoms with Gasteiger partial charge in [-0.2, -0.15) is 0 Å². The molecule has 2 rings (SSSR count). The number of carbonyl (C=O) groups is 1. The summed E-state index contributed by atoms with van der Waals surface area (Å²) in [7, 11) is 2.15. The van der Waals surface area contributed by atoms with Crippen LogP contribution in [0.1, 0.15) is 30.6 Å². The van der Waals surface area contributed by atoms with E-state index in [4.69, 9.17) is 0 Å². The molecule has 0 aromatic heterocycles. The highest BCUT2D eigenvalue weighted by Gasteiger charge is 2.15. The van der Waals surface area contributed by atoms with Gasteiger partial charge < -0.3 is 15.1 Å². The Morgan fingerprint density at radius 2 is 1.80 bits per heavy atom. The topological polar surface area (TPSA) is 35.6 Å². The highest BCUT2D eigenvalue weighted by Crippen LogP contribution is 2.17. The normalized spacial score (nSPS) is 17.9. The van der Waals surface area contributed by atoms with Crippen molar-refractivity contribution in [2.75, 3.05) is 38.1 Å². The maximum atomic E-state index is 12.0. The summed E-state index contributed by atoms with van der Waals surface area (Å²) in [5.41, 5.74) is 1.95. The van der Waals surface area contributed by atoms with Gasteiger partial charge >= 0.3 is 0 Å². The Hall–Kier alpha value is -1.55. The van der Waals surface area contributed by atoms with E-state index in [9.17, 15) is 4.79 Å². The molecule has 0 aliphatic carbocycles. The first kappa shape index (κ1) is 14.9. The molecule has 1 aromatic rings. The molecule has 0 saturated carbocycles. The van der Waals surface area contributed by atoms with Crippen LogP contribution in [0, 0.1) is 0 Å². The molecule has 0 bridgehead atoms. The van der Waals surface area contributed by atoms with Crippen LogP contribution in [-0.4, -0.2) is 50.1 Å². The van der Waals surface area contributed by atoms with Gasteiger partial charge in [0.05, 0.1) is 0 Å². The molecule has 1 amide bonds. The van der Waals surface area contributed by atoms with Gasteiger partial charge in [0.1, 0.15) is 0 Å². The van der Waals surface area contributed by atoms with Gasteiger partial charge in [0, 0.05) is 43.5 Å². The average molecular weight is 275 g/mol. The smallest absolute Gasteiger partial charge is 0.251 e. The van der Waals surface area contributed by atoms with Crippen LogP contribution in [0.4, 0.5) is 5.69 Å². The fourth-order valence-electron chi connectivity index (χ4n) is 2.30. The van der Waals surface area contributed by atoms with E-state index in [0.717, 1.165) is 38.2 Å². The maximum Gasteiger partial charge on any atom is 0.251 e. The van der Waals surface area contributed by atoms with Crippen LogP contribution < -0.4 is 10.2 Å². The first-order chi connectivity index (χ1) is 9.60. The van der Waals surface area contributed by atoms with Gasteiger partial charge in [-0.15, -0.1) is 0 Å². The molecule has 1 aromatic carbocycles. The number of nitrogens with zero attached hydrogens (tertiary/aromatic N) is 2. The van der Waals surface area contributed by atoms with Gasteiger partial charge in [-0.3, -0.25) is 4.79 Å². The average Bonchev–Trinajstić information content (AvgIpc) is 2.48. The van der Waals surface area contributed by atoms with E-state index in [1.165, 1.54) is 5.69 Å². The second-order valence-corrected chi connectivity index (χ2v) is 5.62. The van der Waals surface area contributed by atoms with Crippen molar-refractivity contribution in [3.63, 3.8) is 0 Å². The molecule has 1 N–H and O–H groups in total. The molecule has 1 heterocycles. The molecule has 1 fully saturated rings. The lowest BCUT2D eigenvalue weighted by Gasteiger charge is -2.34. The van der Waals surface area contributed by atoms with Gasteiger partial charge in [0.25, 0.3) is 5.91 Å². The van der Waals surface area contributed by atoms with E-state index in [1.54, 1.807) is 0 Å². The zero-order chi connectivity index (χ0) is 14.5. The lowest BCUT2D eigenvalue weighted by molar-refractivity contribution is 0.0939. The van der Waals surface area contributed by atoms with E-state index >= 15 is 0 Å².